The van der Waals surface area contributed by atoms with Crippen LogP contribution in [0.1, 0.15) is 19.5 Å². The number of hydrogen-bond donors (Lipinski definition) is 4. The van der Waals surface area contributed by atoms with E-state index in [1.54, 1.807) is 13.1 Å². The van der Waals surface area contributed by atoms with Gasteiger partial charge in [-0.3, -0.25) is 4.79 Å². The van der Waals surface area contributed by atoms with E-state index in [-0.39, 0.29) is 18.2 Å². The van der Waals surface area contributed by atoms with Crippen LogP contribution in [0.5, 0.6) is 0 Å². The number of carbonyl (C=O) groups is 2. The average Bonchev–Trinajstić information content (AvgIpc) is 2.87. The van der Waals surface area contributed by atoms with Crippen LogP contribution >= 0.6 is 0 Å². The van der Waals surface area contributed by atoms with Gasteiger partial charge in [0.2, 0.25) is 5.91 Å². The molecule has 19 heavy (non-hydrogen) atoms. The minimum absolute atomic E-state index is 0.189. The number of aromatic nitrogens is 2. The molecule has 2 atom stereocenters. The molecule has 0 fully saturated rings. The molecule has 1 amide bonds. The van der Waals surface area contributed by atoms with Crippen LogP contribution in [0.25, 0.3) is 0 Å². The van der Waals surface area contributed by atoms with Gasteiger partial charge in [-0.25, -0.2) is 9.78 Å². The van der Waals surface area contributed by atoms with Crippen molar-refractivity contribution in [1.82, 2.24) is 20.6 Å². The summed E-state index contributed by atoms with van der Waals surface area (Å²) >= 11 is 0. The summed E-state index contributed by atoms with van der Waals surface area (Å²) < 4.78 is 0. The van der Waals surface area contributed by atoms with E-state index < -0.39 is 12.0 Å². The Bertz CT molecular complexity index is 405. The van der Waals surface area contributed by atoms with Crippen LogP contribution in [0.3, 0.4) is 0 Å². The van der Waals surface area contributed by atoms with Crippen molar-refractivity contribution in [2.24, 2.45) is 5.92 Å². The number of nitrogens with zero attached hydrogens (tertiary/aromatic N) is 1. The summed E-state index contributed by atoms with van der Waals surface area (Å²) in [5, 5.41) is 14.7. The third kappa shape index (κ3) is 5.09. The highest BCUT2D eigenvalue weighted by Gasteiger charge is 2.23. The zero-order valence-corrected chi connectivity index (χ0v) is 11.1. The van der Waals surface area contributed by atoms with Crippen molar-refractivity contribution in [2.75, 3.05) is 13.1 Å². The lowest BCUT2D eigenvalue weighted by Gasteiger charge is -2.17. The van der Waals surface area contributed by atoms with Crippen molar-refractivity contribution in [3.05, 3.63) is 18.2 Å². The Balaban J connectivity index is 2.53. The van der Waals surface area contributed by atoms with Crippen molar-refractivity contribution in [3.63, 3.8) is 0 Å². The number of imidazole rings is 1. The standard InChI is InChI=1S/C12H20N4O3/c1-3-13-5-8(2)11(17)16-10(12(18)19)4-9-6-14-7-15-9/h6-8,10,13H,3-5H2,1-2H3,(H,14,15)(H,16,17)(H,18,19). The molecule has 7 nitrogen and oxygen atoms in total. The summed E-state index contributed by atoms with van der Waals surface area (Å²) in [6, 6.07) is -0.947. The predicted octanol–water partition coefficient (Wildman–Crippen LogP) is -0.233. The van der Waals surface area contributed by atoms with Crippen LogP contribution in [-0.2, 0) is 16.0 Å². The molecule has 2 unspecified atom stereocenters. The predicted molar refractivity (Wildman–Crippen MR) is 69.6 cm³/mol. The van der Waals surface area contributed by atoms with Crippen LogP contribution in [0.2, 0.25) is 0 Å². The molecule has 0 aliphatic rings. The van der Waals surface area contributed by atoms with Crippen molar-refractivity contribution >= 4 is 11.9 Å². The van der Waals surface area contributed by atoms with E-state index in [4.69, 9.17) is 5.11 Å². The lowest BCUT2D eigenvalue weighted by Crippen LogP contribution is -2.46. The second-order valence-corrected chi connectivity index (χ2v) is 4.39. The van der Waals surface area contributed by atoms with Gasteiger partial charge in [0.1, 0.15) is 6.04 Å². The van der Waals surface area contributed by atoms with Crippen LogP contribution in [0, 0.1) is 5.92 Å². The first-order valence-electron chi connectivity index (χ1n) is 6.25. The number of H-pyrrole nitrogens is 1. The van der Waals surface area contributed by atoms with E-state index in [1.165, 1.54) is 6.33 Å². The largest absolute Gasteiger partial charge is 0.480 e. The average molecular weight is 268 g/mol. The maximum atomic E-state index is 11.9. The van der Waals surface area contributed by atoms with E-state index >= 15 is 0 Å². The van der Waals surface area contributed by atoms with E-state index in [1.807, 2.05) is 6.92 Å². The molecular weight excluding hydrogens is 248 g/mol. The first-order valence-corrected chi connectivity index (χ1v) is 6.25. The normalized spacial score (nSPS) is 13.8. The van der Waals surface area contributed by atoms with E-state index in [0.717, 1.165) is 6.54 Å². The molecule has 1 heterocycles. The topological polar surface area (TPSA) is 107 Å². The molecule has 0 saturated heterocycles. The second kappa shape index (κ2) is 7.52. The highest BCUT2D eigenvalue weighted by atomic mass is 16.4. The minimum atomic E-state index is -1.06. The van der Waals surface area contributed by atoms with Gasteiger partial charge < -0.3 is 20.7 Å². The minimum Gasteiger partial charge on any atom is -0.480 e. The number of amides is 1. The molecular formula is C12H20N4O3. The Hall–Kier alpha value is -1.89. The molecule has 0 aliphatic carbocycles. The Morgan fingerprint density at radius 3 is 2.79 bits per heavy atom. The zero-order chi connectivity index (χ0) is 14.3. The van der Waals surface area contributed by atoms with Crippen LogP contribution in [0.4, 0.5) is 0 Å². The molecule has 0 bridgehead atoms. The number of carboxylic acid groups (broad SMARTS) is 1. The monoisotopic (exact) mass is 268 g/mol. The molecule has 7 heteroatoms. The van der Waals surface area contributed by atoms with Crippen LogP contribution in [0.15, 0.2) is 12.5 Å². The van der Waals surface area contributed by atoms with Crippen LogP contribution in [-0.4, -0.2) is 46.1 Å². The molecule has 0 aliphatic heterocycles. The molecule has 106 valence electrons. The fourth-order valence-electron chi connectivity index (χ4n) is 1.58. The maximum Gasteiger partial charge on any atom is 0.326 e. The van der Waals surface area contributed by atoms with Gasteiger partial charge in [-0.1, -0.05) is 13.8 Å². The number of carboxylic acids is 1. The molecule has 1 aromatic rings. The summed E-state index contributed by atoms with van der Waals surface area (Å²) in [5.41, 5.74) is 0.673. The number of aliphatic carboxylic acids is 1. The zero-order valence-electron chi connectivity index (χ0n) is 11.1. The fourth-order valence-corrected chi connectivity index (χ4v) is 1.58. The van der Waals surface area contributed by atoms with Gasteiger partial charge in [0.15, 0.2) is 0 Å². The molecule has 0 spiro atoms. The highest BCUT2D eigenvalue weighted by Crippen LogP contribution is 2.01. The van der Waals surface area contributed by atoms with E-state index in [0.29, 0.717) is 12.2 Å². The van der Waals surface area contributed by atoms with Gasteiger partial charge in [-0.2, -0.15) is 0 Å². The quantitative estimate of drug-likeness (QED) is 0.521. The van der Waals surface area contributed by atoms with Gasteiger partial charge in [-0.15, -0.1) is 0 Å². The van der Waals surface area contributed by atoms with Gasteiger partial charge in [0.05, 0.1) is 6.33 Å². The molecule has 0 radical (unpaired) electrons. The SMILES string of the molecule is CCNCC(C)C(=O)NC(Cc1cnc[nH]1)C(=O)O. The molecule has 0 aromatic carbocycles. The van der Waals surface area contributed by atoms with E-state index in [9.17, 15) is 9.59 Å². The van der Waals surface area contributed by atoms with Crippen molar-refractivity contribution in [3.8, 4) is 0 Å². The summed E-state index contributed by atoms with van der Waals surface area (Å²) in [6.07, 6.45) is 3.21. The molecule has 4 N–H and O–H groups in total. The lowest BCUT2D eigenvalue weighted by molar-refractivity contribution is -0.142. The number of carbonyl (C=O) groups excluding carboxylic acids is 1. The molecule has 1 rings (SSSR count). The Kier molecular flexibility index (Phi) is 6.01. The molecule has 0 saturated carbocycles. The third-order valence-corrected chi connectivity index (χ3v) is 2.74. The van der Waals surface area contributed by atoms with Gasteiger partial charge >= 0.3 is 5.97 Å². The number of hydrogen-bond acceptors (Lipinski definition) is 4. The summed E-state index contributed by atoms with van der Waals surface area (Å²) in [4.78, 5) is 29.6. The Morgan fingerprint density at radius 2 is 2.26 bits per heavy atom. The van der Waals surface area contributed by atoms with Gasteiger partial charge in [-0.05, 0) is 6.54 Å². The van der Waals surface area contributed by atoms with Gasteiger partial charge in [0, 0.05) is 30.8 Å². The van der Waals surface area contributed by atoms with Crippen molar-refractivity contribution in [2.45, 2.75) is 26.3 Å². The Morgan fingerprint density at radius 1 is 1.53 bits per heavy atom. The fraction of sp³-hybridized carbons (Fsp3) is 0.583. The molecule has 1 aromatic heterocycles. The third-order valence-electron chi connectivity index (χ3n) is 2.74. The lowest BCUT2D eigenvalue weighted by atomic mass is 10.1. The summed E-state index contributed by atoms with van der Waals surface area (Å²) in [6.45, 7) is 5.00. The van der Waals surface area contributed by atoms with Crippen LogP contribution < -0.4 is 10.6 Å². The highest BCUT2D eigenvalue weighted by molar-refractivity contribution is 5.85. The van der Waals surface area contributed by atoms with Crippen molar-refractivity contribution < 1.29 is 14.7 Å². The number of rotatable bonds is 8. The summed E-state index contributed by atoms with van der Waals surface area (Å²) in [7, 11) is 0. The second-order valence-electron chi connectivity index (χ2n) is 4.39. The van der Waals surface area contributed by atoms with Gasteiger partial charge in [0.25, 0.3) is 0 Å². The number of nitrogens with one attached hydrogen (secondary N) is 3. The first kappa shape index (κ1) is 15.2. The number of aromatic amines is 1. The smallest absolute Gasteiger partial charge is 0.326 e. The first-order chi connectivity index (χ1) is 9.04. The summed E-state index contributed by atoms with van der Waals surface area (Å²) in [5.74, 6) is -1.60. The van der Waals surface area contributed by atoms with Crippen molar-refractivity contribution in [1.29, 1.82) is 0 Å². The maximum absolute atomic E-state index is 11.9. The van der Waals surface area contributed by atoms with E-state index in [2.05, 4.69) is 20.6 Å². The Labute approximate surface area is 111 Å².